The summed E-state index contributed by atoms with van der Waals surface area (Å²) in [6.07, 6.45) is 0.618. The van der Waals surface area contributed by atoms with E-state index in [0.29, 0.717) is 6.44 Å². The Morgan fingerprint density at radius 1 is 1.54 bits per heavy atom. The van der Waals surface area contributed by atoms with E-state index in [1.807, 2.05) is 24.3 Å². The van der Waals surface area contributed by atoms with E-state index in [9.17, 15) is 0 Å². The van der Waals surface area contributed by atoms with E-state index in [1.165, 1.54) is 5.56 Å². The number of anilines is 1. The molecular formula is C8H13BN2OS. The number of nitrogens with two attached hydrogens (primary N) is 1. The van der Waals surface area contributed by atoms with Gasteiger partial charge in [-0.2, -0.15) is 0 Å². The molecule has 0 amide bonds. The largest absolute Gasteiger partial charge is 0.452 e. The van der Waals surface area contributed by atoms with Gasteiger partial charge in [0.15, 0.2) is 0 Å². The minimum atomic E-state index is 0.171. The van der Waals surface area contributed by atoms with Gasteiger partial charge >= 0.3 is 0 Å². The Morgan fingerprint density at radius 3 is 3.08 bits per heavy atom. The number of nitrogens with one attached hydrogen (secondary N) is 1. The standard InChI is InChI=1S/C8H13BN2OS/c10-8-3-1-2-7(4-8)5-13-11-6-9-12/h1-4,9,11-12H,5-6,10H2. The van der Waals surface area contributed by atoms with Crippen molar-refractivity contribution in [3.8, 4) is 0 Å². The maximum absolute atomic E-state index is 8.51. The summed E-state index contributed by atoms with van der Waals surface area (Å²) >= 11 is 1.57. The van der Waals surface area contributed by atoms with Gasteiger partial charge in [-0.15, -0.1) is 0 Å². The second-order valence-electron chi connectivity index (χ2n) is 2.65. The first-order valence-electron chi connectivity index (χ1n) is 4.13. The lowest BCUT2D eigenvalue weighted by Crippen LogP contribution is -2.12. The second kappa shape index (κ2) is 5.91. The third kappa shape index (κ3) is 4.21. The lowest BCUT2D eigenvalue weighted by Gasteiger charge is -2.02. The molecule has 3 nitrogen and oxygen atoms in total. The van der Waals surface area contributed by atoms with Gasteiger partial charge in [0.05, 0.1) is 0 Å². The predicted octanol–water partition coefficient (Wildman–Crippen LogP) is 0.308. The first-order valence-corrected chi connectivity index (χ1v) is 5.11. The molecule has 0 heterocycles. The minimum absolute atomic E-state index is 0.171. The molecule has 0 aromatic heterocycles. The van der Waals surface area contributed by atoms with Gasteiger partial charge in [-0.05, 0) is 17.7 Å². The molecule has 1 aromatic rings. The van der Waals surface area contributed by atoms with Crippen LogP contribution in [0.2, 0.25) is 0 Å². The normalized spacial score (nSPS) is 9.92. The van der Waals surface area contributed by atoms with Crippen molar-refractivity contribution < 1.29 is 5.02 Å². The van der Waals surface area contributed by atoms with Crippen LogP contribution in [0.5, 0.6) is 0 Å². The van der Waals surface area contributed by atoms with Crippen molar-refractivity contribution in [3.05, 3.63) is 29.8 Å². The zero-order valence-electron chi connectivity index (χ0n) is 7.36. The monoisotopic (exact) mass is 196 g/mol. The third-order valence-electron chi connectivity index (χ3n) is 1.51. The maximum atomic E-state index is 8.51. The number of nitrogen functional groups attached to an aromatic ring is 1. The van der Waals surface area contributed by atoms with Crippen LogP contribution in [-0.4, -0.2) is 19.0 Å². The van der Waals surface area contributed by atoms with Crippen molar-refractivity contribution in [2.45, 2.75) is 5.75 Å². The van der Waals surface area contributed by atoms with E-state index in [1.54, 1.807) is 11.9 Å². The number of hydrogen-bond donors (Lipinski definition) is 3. The fraction of sp³-hybridized carbons (Fsp3) is 0.250. The first kappa shape index (κ1) is 10.4. The Bertz CT molecular complexity index is 260. The lowest BCUT2D eigenvalue weighted by molar-refractivity contribution is 0.600. The van der Waals surface area contributed by atoms with Crippen molar-refractivity contribution in [1.29, 1.82) is 0 Å². The molecule has 1 rings (SSSR count). The van der Waals surface area contributed by atoms with Crippen LogP contribution in [0.15, 0.2) is 24.3 Å². The van der Waals surface area contributed by atoms with E-state index in [0.717, 1.165) is 11.4 Å². The van der Waals surface area contributed by atoms with E-state index >= 15 is 0 Å². The summed E-state index contributed by atoms with van der Waals surface area (Å²) in [5.74, 6) is 0.866. The SMILES string of the molecule is Nc1cccc(CSNCBO)c1. The predicted molar refractivity (Wildman–Crippen MR) is 59.5 cm³/mol. The molecule has 5 heteroatoms. The molecule has 0 atom stereocenters. The maximum Gasteiger partial charge on any atom is 0.285 e. The molecule has 13 heavy (non-hydrogen) atoms. The summed E-state index contributed by atoms with van der Waals surface area (Å²) < 4.78 is 3.03. The topological polar surface area (TPSA) is 58.3 Å². The van der Waals surface area contributed by atoms with Gasteiger partial charge in [0.25, 0.3) is 7.48 Å². The summed E-state index contributed by atoms with van der Waals surface area (Å²) in [6.45, 7) is 0. The first-order chi connectivity index (χ1) is 6.33. The highest BCUT2D eigenvalue weighted by Gasteiger charge is 1.93. The fourth-order valence-electron chi connectivity index (χ4n) is 0.935. The number of hydrogen-bond acceptors (Lipinski definition) is 4. The van der Waals surface area contributed by atoms with Gasteiger partial charge in [0.2, 0.25) is 0 Å². The molecule has 1 aromatic carbocycles. The number of benzene rings is 1. The van der Waals surface area contributed by atoms with Gasteiger partial charge in [0.1, 0.15) is 0 Å². The molecule has 0 radical (unpaired) electrons. The zero-order chi connectivity index (χ0) is 9.52. The summed E-state index contributed by atoms with van der Waals surface area (Å²) in [6, 6.07) is 7.80. The lowest BCUT2D eigenvalue weighted by atomic mass is 10.1. The molecule has 0 spiro atoms. The highest BCUT2D eigenvalue weighted by molar-refractivity contribution is 7.96. The molecule has 0 saturated carbocycles. The summed E-state index contributed by atoms with van der Waals surface area (Å²) in [5.41, 5.74) is 7.60. The van der Waals surface area contributed by atoms with E-state index in [2.05, 4.69) is 4.72 Å². The smallest absolute Gasteiger partial charge is 0.285 e. The highest BCUT2D eigenvalue weighted by atomic mass is 32.2. The highest BCUT2D eigenvalue weighted by Crippen LogP contribution is 2.11. The summed E-state index contributed by atoms with van der Waals surface area (Å²) in [4.78, 5) is 0. The molecule has 0 aliphatic carbocycles. The van der Waals surface area contributed by atoms with Crippen molar-refractivity contribution in [1.82, 2.24) is 4.72 Å². The van der Waals surface area contributed by atoms with E-state index in [4.69, 9.17) is 10.8 Å². The summed E-state index contributed by atoms with van der Waals surface area (Å²) in [5, 5.41) is 8.51. The Morgan fingerprint density at radius 2 is 2.38 bits per heavy atom. The van der Waals surface area contributed by atoms with Crippen molar-refractivity contribution in [2.75, 3.05) is 12.2 Å². The van der Waals surface area contributed by atoms with Gasteiger partial charge in [0, 0.05) is 17.9 Å². The fourth-order valence-corrected chi connectivity index (χ4v) is 1.62. The van der Waals surface area contributed by atoms with Crippen LogP contribution < -0.4 is 10.5 Å². The Kier molecular flexibility index (Phi) is 4.74. The molecular weight excluding hydrogens is 183 g/mol. The zero-order valence-corrected chi connectivity index (χ0v) is 8.18. The van der Waals surface area contributed by atoms with Gasteiger partial charge in [-0.3, -0.25) is 4.72 Å². The molecule has 0 unspecified atom stereocenters. The van der Waals surface area contributed by atoms with Crippen LogP contribution in [0.3, 0.4) is 0 Å². The Balaban J connectivity index is 2.28. The molecule has 70 valence electrons. The molecule has 0 bridgehead atoms. The van der Waals surface area contributed by atoms with E-state index < -0.39 is 0 Å². The third-order valence-corrected chi connectivity index (χ3v) is 2.39. The van der Waals surface area contributed by atoms with Crippen LogP contribution in [0.4, 0.5) is 5.69 Å². The minimum Gasteiger partial charge on any atom is -0.452 e. The van der Waals surface area contributed by atoms with Gasteiger partial charge in [-0.1, -0.05) is 24.1 Å². The van der Waals surface area contributed by atoms with E-state index in [-0.39, 0.29) is 7.48 Å². The van der Waals surface area contributed by atoms with Crippen molar-refractivity contribution >= 4 is 25.1 Å². The van der Waals surface area contributed by atoms with Crippen molar-refractivity contribution in [2.24, 2.45) is 0 Å². The van der Waals surface area contributed by atoms with Crippen molar-refractivity contribution in [3.63, 3.8) is 0 Å². The van der Waals surface area contributed by atoms with Crippen LogP contribution >= 0.6 is 11.9 Å². The molecule has 0 fully saturated rings. The Hall–Kier alpha value is -0.645. The van der Waals surface area contributed by atoms with Crippen LogP contribution in [0, 0.1) is 0 Å². The average molecular weight is 196 g/mol. The van der Waals surface area contributed by atoms with Crippen LogP contribution in [0.1, 0.15) is 5.56 Å². The van der Waals surface area contributed by atoms with Crippen LogP contribution in [-0.2, 0) is 5.75 Å². The second-order valence-corrected chi connectivity index (χ2v) is 3.52. The number of rotatable bonds is 5. The van der Waals surface area contributed by atoms with Crippen LogP contribution in [0.25, 0.3) is 0 Å². The van der Waals surface area contributed by atoms with Gasteiger partial charge in [-0.25, -0.2) is 0 Å². The van der Waals surface area contributed by atoms with Gasteiger partial charge < -0.3 is 10.8 Å². The molecule has 0 aliphatic rings. The Labute approximate surface area is 83.1 Å². The quantitative estimate of drug-likeness (QED) is 0.274. The molecule has 0 saturated heterocycles. The average Bonchev–Trinajstić information content (AvgIpc) is 2.13. The molecule has 0 aliphatic heterocycles. The summed E-state index contributed by atoms with van der Waals surface area (Å²) in [7, 11) is 0.171. The molecule has 4 N–H and O–H groups in total.